The minimum atomic E-state index is -0.701. The quantitative estimate of drug-likeness (QED) is 0.710. The standard InChI is InChI=1S/C16H21N3O5/c1-23-12-5-3-11(4-6-12)18-14(20)10-19-8-7-17-16(22)13(19)9-15(21)24-2/h3-6,13H,7-10H2,1-2H3,(H,17,22)(H,18,20)/t13-/m1/s1. The minimum absolute atomic E-state index is 0.0150. The van der Waals surface area contributed by atoms with Crippen molar-refractivity contribution in [3.05, 3.63) is 24.3 Å². The van der Waals surface area contributed by atoms with E-state index < -0.39 is 12.0 Å². The second-order valence-electron chi connectivity index (χ2n) is 5.33. The molecule has 1 atom stereocenters. The molecule has 1 aromatic rings. The maximum Gasteiger partial charge on any atom is 0.307 e. The third kappa shape index (κ3) is 4.69. The van der Waals surface area contributed by atoms with Gasteiger partial charge in [-0.25, -0.2) is 0 Å². The SMILES string of the molecule is COC(=O)C[C@@H]1C(=O)NCCN1CC(=O)Nc1ccc(OC)cc1. The van der Waals surface area contributed by atoms with Crippen LogP contribution in [0, 0.1) is 0 Å². The Hall–Kier alpha value is -2.61. The zero-order valence-corrected chi connectivity index (χ0v) is 13.7. The molecule has 1 aliphatic heterocycles. The van der Waals surface area contributed by atoms with E-state index in [0.717, 1.165) is 0 Å². The predicted octanol–water partition coefficient (Wildman–Crippen LogP) is -0.00280. The summed E-state index contributed by atoms with van der Waals surface area (Å²) >= 11 is 0. The molecule has 0 radical (unpaired) electrons. The molecule has 130 valence electrons. The summed E-state index contributed by atoms with van der Waals surface area (Å²) in [4.78, 5) is 37.3. The van der Waals surface area contributed by atoms with Crippen molar-refractivity contribution >= 4 is 23.5 Å². The van der Waals surface area contributed by atoms with Crippen LogP contribution in [0.5, 0.6) is 5.75 Å². The lowest BCUT2D eigenvalue weighted by molar-refractivity contribution is -0.146. The Balaban J connectivity index is 1.96. The van der Waals surface area contributed by atoms with Crippen molar-refractivity contribution < 1.29 is 23.9 Å². The van der Waals surface area contributed by atoms with E-state index >= 15 is 0 Å². The highest BCUT2D eigenvalue weighted by molar-refractivity contribution is 5.93. The highest BCUT2D eigenvalue weighted by atomic mass is 16.5. The number of hydrogen-bond donors (Lipinski definition) is 2. The third-order valence-electron chi connectivity index (χ3n) is 3.75. The predicted molar refractivity (Wildman–Crippen MR) is 86.6 cm³/mol. The molecule has 1 fully saturated rings. The van der Waals surface area contributed by atoms with Crippen LogP contribution in [0.15, 0.2) is 24.3 Å². The molecular weight excluding hydrogens is 314 g/mol. The molecule has 8 nitrogen and oxygen atoms in total. The first-order valence-electron chi connectivity index (χ1n) is 7.56. The normalized spacial score (nSPS) is 17.8. The maximum atomic E-state index is 12.2. The largest absolute Gasteiger partial charge is 0.497 e. The van der Waals surface area contributed by atoms with Crippen LogP contribution in [0.3, 0.4) is 0 Å². The maximum absolute atomic E-state index is 12.2. The van der Waals surface area contributed by atoms with E-state index in [1.165, 1.54) is 7.11 Å². The molecule has 2 amide bonds. The number of anilines is 1. The minimum Gasteiger partial charge on any atom is -0.497 e. The molecule has 0 spiro atoms. The van der Waals surface area contributed by atoms with E-state index in [0.29, 0.717) is 24.5 Å². The highest BCUT2D eigenvalue weighted by Crippen LogP contribution is 2.15. The average Bonchev–Trinajstić information content (AvgIpc) is 2.58. The summed E-state index contributed by atoms with van der Waals surface area (Å²) in [6.45, 7) is 0.941. The van der Waals surface area contributed by atoms with E-state index in [2.05, 4.69) is 15.4 Å². The van der Waals surface area contributed by atoms with Gasteiger partial charge in [-0.15, -0.1) is 0 Å². The molecule has 0 aliphatic carbocycles. The van der Waals surface area contributed by atoms with Crippen molar-refractivity contribution in [2.24, 2.45) is 0 Å². The molecule has 8 heteroatoms. The summed E-state index contributed by atoms with van der Waals surface area (Å²) in [5.74, 6) is -0.329. The van der Waals surface area contributed by atoms with Crippen LogP contribution in [0.25, 0.3) is 0 Å². The summed E-state index contributed by atoms with van der Waals surface area (Å²) in [5, 5.41) is 5.45. The first-order valence-corrected chi connectivity index (χ1v) is 7.56. The van der Waals surface area contributed by atoms with Gasteiger partial charge in [0.05, 0.1) is 27.2 Å². The van der Waals surface area contributed by atoms with Gasteiger partial charge in [0.15, 0.2) is 0 Å². The number of amides is 2. The Morgan fingerprint density at radius 3 is 2.62 bits per heavy atom. The zero-order chi connectivity index (χ0) is 17.5. The van der Waals surface area contributed by atoms with Gasteiger partial charge >= 0.3 is 5.97 Å². The number of ether oxygens (including phenoxy) is 2. The molecule has 2 rings (SSSR count). The van der Waals surface area contributed by atoms with Gasteiger partial charge in [0.2, 0.25) is 11.8 Å². The molecule has 1 aliphatic rings. The second-order valence-corrected chi connectivity index (χ2v) is 5.33. The van der Waals surface area contributed by atoms with Crippen molar-refractivity contribution in [3.8, 4) is 5.75 Å². The molecule has 1 saturated heterocycles. The van der Waals surface area contributed by atoms with Crippen LogP contribution in [-0.2, 0) is 19.1 Å². The summed E-state index contributed by atoms with van der Waals surface area (Å²) in [7, 11) is 2.83. The number of rotatable bonds is 6. The Bertz CT molecular complexity index is 602. The van der Waals surface area contributed by atoms with Crippen molar-refractivity contribution in [1.82, 2.24) is 10.2 Å². The van der Waals surface area contributed by atoms with Crippen LogP contribution in [0.1, 0.15) is 6.42 Å². The van der Waals surface area contributed by atoms with Crippen LogP contribution in [-0.4, -0.2) is 62.6 Å². The van der Waals surface area contributed by atoms with Crippen LogP contribution in [0.2, 0.25) is 0 Å². The number of methoxy groups -OCH3 is 2. The lowest BCUT2D eigenvalue weighted by Gasteiger charge is -2.33. The number of piperazine rings is 1. The first-order chi connectivity index (χ1) is 11.5. The Kier molecular flexibility index (Phi) is 6.14. The number of hydrogen-bond acceptors (Lipinski definition) is 6. The second kappa shape index (κ2) is 8.30. The lowest BCUT2D eigenvalue weighted by Crippen LogP contribution is -2.57. The van der Waals surface area contributed by atoms with Gasteiger partial charge in [-0.05, 0) is 24.3 Å². The number of benzene rings is 1. The van der Waals surface area contributed by atoms with E-state index in [1.54, 1.807) is 36.3 Å². The molecule has 0 saturated carbocycles. The summed E-state index contributed by atoms with van der Waals surface area (Å²) in [5.41, 5.74) is 0.631. The lowest BCUT2D eigenvalue weighted by atomic mass is 10.1. The fraction of sp³-hybridized carbons (Fsp3) is 0.438. The summed E-state index contributed by atoms with van der Waals surface area (Å²) in [6, 6.07) is 6.23. The molecule has 1 aromatic carbocycles. The number of esters is 1. The van der Waals surface area contributed by atoms with Crippen molar-refractivity contribution in [3.63, 3.8) is 0 Å². The van der Waals surface area contributed by atoms with Crippen LogP contribution < -0.4 is 15.4 Å². The number of nitrogens with one attached hydrogen (secondary N) is 2. The van der Waals surface area contributed by atoms with Gasteiger partial charge in [-0.2, -0.15) is 0 Å². The summed E-state index contributed by atoms with van der Waals surface area (Å²) < 4.78 is 9.67. The van der Waals surface area contributed by atoms with Crippen molar-refractivity contribution in [1.29, 1.82) is 0 Å². The average molecular weight is 335 g/mol. The molecule has 0 bridgehead atoms. The van der Waals surface area contributed by atoms with E-state index in [9.17, 15) is 14.4 Å². The third-order valence-corrected chi connectivity index (χ3v) is 3.75. The fourth-order valence-corrected chi connectivity index (χ4v) is 2.47. The van der Waals surface area contributed by atoms with Crippen molar-refractivity contribution in [2.45, 2.75) is 12.5 Å². The molecular formula is C16H21N3O5. The Morgan fingerprint density at radius 2 is 2.00 bits per heavy atom. The van der Waals surface area contributed by atoms with Crippen LogP contribution in [0.4, 0.5) is 5.69 Å². The molecule has 2 N–H and O–H groups in total. The van der Waals surface area contributed by atoms with Crippen molar-refractivity contribution in [2.75, 3.05) is 39.2 Å². The van der Waals surface area contributed by atoms with Crippen LogP contribution >= 0.6 is 0 Å². The number of carbonyl (C=O) groups is 3. The Labute approximate surface area is 140 Å². The molecule has 1 heterocycles. The zero-order valence-electron chi connectivity index (χ0n) is 13.7. The molecule has 24 heavy (non-hydrogen) atoms. The Morgan fingerprint density at radius 1 is 1.29 bits per heavy atom. The fourth-order valence-electron chi connectivity index (χ4n) is 2.47. The molecule has 0 unspecified atom stereocenters. The van der Waals surface area contributed by atoms with Gasteiger partial charge in [0.1, 0.15) is 11.8 Å². The van der Waals surface area contributed by atoms with Gasteiger partial charge in [0, 0.05) is 18.8 Å². The van der Waals surface area contributed by atoms with Gasteiger partial charge in [-0.1, -0.05) is 0 Å². The van der Waals surface area contributed by atoms with Gasteiger partial charge in [-0.3, -0.25) is 19.3 Å². The van der Waals surface area contributed by atoms with Gasteiger partial charge in [0.25, 0.3) is 0 Å². The van der Waals surface area contributed by atoms with E-state index in [4.69, 9.17) is 4.74 Å². The smallest absolute Gasteiger partial charge is 0.307 e. The summed E-state index contributed by atoms with van der Waals surface area (Å²) in [6.07, 6.45) is -0.0852. The first kappa shape index (κ1) is 17.7. The number of nitrogens with zero attached hydrogens (tertiary/aromatic N) is 1. The van der Waals surface area contributed by atoms with E-state index in [-0.39, 0.29) is 24.8 Å². The number of carbonyl (C=O) groups excluding carboxylic acids is 3. The van der Waals surface area contributed by atoms with Gasteiger partial charge < -0.3 is 20.1 Å². The topological polar surface area (TPSA) is 97.0 Å². The molecule has 0 aromatic heterocycles. The highest BCUT2D eigenvalue weighted by Gasteiger charge is 2.32. The monoisotopic (exact) mass is 335 g/mol. The van der Waals surface area contributed by atoms with E-state index in [1.807, 2.05) is 0 Å².